The molecule has 0 bridgehead atoms. The number of hydrogen-bond donors (Lipinski definition) is 2. The highest BCUT2D eigenvalue weighted by atomic mass is 16.5. The molecular formula is C34H40N2O4. The van der Waals surface area contributed by atoms with Crippen LogP contribution in [0.1, 0.15) is 75.0 Å². The van der Waals surface area contributed by atoms with Crippen LogP contribution >= 0.6 is 0 Å². The maximum atomic E-state index is 11.3. The van der Waals surface area contributed by atoms with E-state index in [2.05, 4.69) is 30.1 Å². The molecule has 2 aromatic heterocycles. The number of pyridine rings is 1. The number of para-hydroxylation sites is 1. The monoisotopic (exact) mass is 540 g/mol. The molecule has 0 aliphatic heterocycles. The summed E-state index contributed by atoms with van der Waals surface area (Å²) in [4.78, 5) is 15.7. The van der Waals surface area contributed by atoms with E-state index in [9.17, 15) is 9.90 Å². The van der Waals surface area contributed by atoms with Crippen molar-refractivity contribution in [1.82, 2.24) is 4.98 Å². The van der Waals surface area contributed by atoms with Crippen LogP contribution in [0.4, 0.5) is 0 Å². The van der Waals surface area contributed by atoms with Crippen molar-refractivity contribution in [2.75, 3.05) is 0 Å². The minimum absolute atomic E-state index is 0.0768. The predicted octanol–water partition coefficient (Wildman–Crippen LogP) is 7.73. The Kier molecular flexibility index (Phi) is 8.55. The van der Waals surface area contributed by atoms with Crippen molar-refractivity contribution >= 4 is 16.9 Å². The zero-order valence-electron chi connectivity index (χ0n) is 23.7. The van der Waals surface area contributed by atoms with Gasteiger partial charge in [-0.05, 0) is 84.5 Å². The van der Waals surface area contributed by atoms with Gasteiger partial charge in [-0.15, -0.1) is 0 Å². The number of fused-ring (bicyclic) bond motifs is 1. The van der Waals surface area contributed by atoms with Crippen molar-refractivity contribution in [3.63, 3.8) is 0 Å². The number of ether oxygens (including phenoxy) is 1. The second-order valence-electron chi connectivity index (χ2n) is 11.0. The fourth-order valence-corrected chi connectivity index (χ4v) is 6.31. The maximum absolute atomic E-state index is 11.3. The van der Waals surface area contributed by atoms with Crippen molar-refractivity contribution < 1.29 is 19.1 Å². The third-order valence-electron chi connectivity index (χ3n) is 8.67. The Balaban J connectivity index is 0.00000158. The first-order valence-electron chi connectivity index (χ1n) is 14.6. The van der Waals surface area contributed by atoms with E-state index in [-0.39, 0.29) is 6.42 Å². The third kappa shape index (κ3) is 5.64. The van der Waals surface area contributed by atoms with Gasteiger partial charge in [0.15, 0.2) is 0 Å². The Bertz CT molecular complexity index is 1480. The summed E-state index contributed by atoms with van der Waals surface area (Å²) in [6.07, 6.45) is 6.89. The van der Waals surface area contributed by atoms with Crippen LogP contribution < -0.4 is 10.5 Å². The molecule has 0 saturated heterocycles. The lowest BCUT2D eigenvalue weighted by Gasteiger charge is -2.48. The molecule has 2 aliphatic rings. The largest absolute Gasteiger partial charge is 0.489 e. The maximum Gasteiger partial charge on any atom is 0.307 e. The predicted molar refractivity (Wildman–Crippen MR) is 158 cm³/mol. The van der Waals surface area contributed by atoms with Crippen LogP contribution in [-0.2, 0) is 24.4 Å². The van der Waals surface area contributed by atoms with Gasteiger partial charge in [0.2, 0.25) is 0 Å². The SMILES string of the molecule is CC.CC1CCC1C1CCC1c1cc2cc(COc3ccccc3CC(=O)O)cc(-c3ccnc(CN)c3)c2o1. The minimum Gasteiger partial charge on any atom is -0.489 e. The van der Waals surface area contributed by atoms with Crippen molar-refractivity contribution in [2.24, 2.45) is 23.5 Å². The van der Waals surface area contributed by atoms with Crippen LogP contribution in [0, 0.1) is 17.8 Å². The Morgan fingerprint density at radius 2 is 1.85 bits per heavy atom. The van der Waals surface area contributed by atoms with Crippen molar-refractivity contribution in [2.45, 2.75) is 71.9 Å². The van der Waals surface area contributed by atoms with E-state index in [4.69, 9.17) is 14.9 Å². The Morgan fingerprint density at radius 3 is 2.52 bits per heavy atom. The standard InChI is InChI=1S/C32H34N2O4.C2H6/c1-19-6-7-25(19)26-8-9-27(26)30-15-23-12-20(18-37-29-5-3-2-4-22(29)16-31(35)36)13-28(32(23)38-30)21-10-11-34-24(14-21)17-33;1-2/h2-5,10-15,19,25-27H,6-9,16-18,33H2,1H3,(H,35,36);1-2H3. The molecule has 2 saturated carbocycles. The lowest BCUT2D eigenvalue weighted by Crippen LogP contribution is -2.39. The summed E-state index contributed by atoms with van der Waals surface area (Å²) in [5, 5.41) is 10.3. The number of aliphatic carboxylic acids is 1. The van der Waals surface area contributed by atoms with Crippen molar-refractivity contribution in [3.05, 3.63) is 83.4 Å². The van der Waals surface area contributed by atoms with Gasteiger partial charge < -0.3 is 20.0 Å². The number of nitrogens with zero attached hydrogens (tertiary/aromatic N) is 1. The summed E-state index contributed by atoms with van der Waals surface area (Å²) in [7, 11) is 0. The van der Waals surface area contributed by atoms with Gasteiger partial charge in [-0.2, -0.15) is 0 Å². The molecule has 6 rings (SSSR count). The molecule has 40 heavy (non-hydrogen) atoms. The number of aromatic nitrogens is 1. The van der Waals surface area contributed by atoms with Crippen molar-refractivity contribution in [3.8, 4) is 16.9 Å². The van der Waals surface area contributed by atoms with Crippen LogP contribution in [0.3, 0.4) is 0 Å². The van der Waals surface area contributed by atoms with E-state index in [0.29, 0.717) is 30.4 Å². The smallest absolute Gasteiger partial charge is 0.307 e. The van der Waals surface area contributed by atoms with Gasteiger partial charge in [-0.25, -0.2) is 0 Å². The first kappa shape index (κ1) is 27.9. The number of benzene rings is 2. The lowest BCUT2D eigenvalue weighted by molar-refractivity contribution is -0.136. The molecule has 6 nitrogen and oxygen atoms in total. The van der Waals surface area contributed by atoms with Crippen LogP contribution in [-0.4, -0.2) is 16.1 Å². The summed E-state index contributed by atoms with van der Waals surface area (Å²) in [6.45, 7) is 7.08. The van der Waals surface area contributed by atoms with Crippen LogP contribution in [0.2, 0.25) is 0 Å². The normalized spacial score (nSPS) is 21.6. The van der Waals surface area contributed by atoms with E-state index in [1.54, 1.807) is 12.3 Å². The van der Waals surface area contributed by atoms with Gasteiger partial charge in [0.25, 0.3) is 0 Å². The number of nitrogens with two attached hydrogens (primary N) is 1. The molecule has 210 valence electrons. The third-order valence-corrected chi connectivity index (χ3v) is 8.67. The molecule has 2 aliphatic carbocycles. The zero-order chi connectivity index (χ0) is 28.2. The first-order chi connectivity index (χ1) is 19.5. The quantitative estimate of drug-likeness (QED) is 0.225. The highest BCUT2D eigenvalue weighted by Gasteiger charge is 2.44. The topological polar surface area (TPSA) is 98.6 Å². The molecule has 4 unspecified atom stereocenters. The number of hydrogen-bond acceptors (Lipinski definition) is 5. The second kappa shape index (κ2) is 12.3. The summed E-state index contributed by atoms with van der Waals surface area (Å²) >= 11 is 0. The molecule has 4 aromatic rings. The fourth-order valence-electron chi connectivity index (χ4n) is 6.31. The van der Waals surface area contributed by atoms with Gasteiger partial charge in [0.05, 0.1) is 12.1 Å². The lowest BCUT2D eigenvalue weighted by atomic mass is 9.56. The van der Waals surface area contributed by atoms with E-state index in [1.807, 2.05) is 44.2 Å². The number of rotatable bonds is 9. The first-order valence-corrected chi connectivity index (χ1v) is 14.6. The van der Waals surface area contributed by atoms with Gasteiger partial charge in [0, 0.05) is 35.2 Å². The molecule has 0 spiro atoms. The Morgan fingerprint density at radius 1 is 1.05 bits per heavy atom. The van der Waals surface area contributed by atoms with Gasteiger partial charge in [0.1, 0.15) is 23.7 Å². The Hall–Kier alpha value is -3.64. The summed E-state index contributed by atoms with van der Waals surface area (Å²) in [5.41, 5.74) is 11.3. The molecule has 3 N–H and O–H groups in total. The van der Waals surface area contributed by atoms with Crippen LogP contribution in [0.25, 0.3) is 22.1 Å². The highest BCUT2D eigenvalue weighted by molar-refractivity contribution is 5.93. The number of carboxylic acids is 1. The van der Waals surface area contributed by atoms with Gasteiger partial charge in [-0.3, -0.25) is 9.78 Å². The molecule has 4 atom stereocenters. The van der Waals surface area contributed by atoms with Gasteiger partial charge in [-0.1, -0.05) is 45.4 Å². The molecule has 2 heterocycles. The minimum atomic E-state index is -0.880. The molecule has 2 fully saturated rings. The average molecular weight is 541 g/mol. The summed E-state index contributed by atoms with van der Waals surface area (Å²) in [5.74, 6) is 3.66. The molecule has 0 amide bonds. The van der Waals surface area contributed by atoms with Crippen LogP contribution in [0.15, 0.2) is 65.2 Å². The second-order valence-corrected chi connectivity index (χ2v) is 11.0. The average Bonchev–Trinajstić information content (AvgIpc) is 3.37. The summed E-state index contributed by atoms with van der Waals surface area (Å²) in [6, 6.07) is 17.8. The van der Waals surface area contributed by atoms with E-state index >= 15 is 0 Å². The highest BCUT2D eigenvalue weighted by Crippen LogP contribution is 2.55. The fraction of sp³-hybridized carbons (Fsp3) is 0.412. The number of furan rings is 1. The number of carbonyl (C=O) groups is 1. The van der Waals surface area contributed by atoms with E-state index in [1.165, 1.54) is 25.7 Å². The van der Waals surface area contributed by atoms with Gasteiger partial charge >= 0.3 is 5.97 Å². The molecule has 6 heteroatoms. The van der Waals surface area contributed by atoms with Crippen molar-refractivity contribution in [1.29, 1.82) is 0 Å². The van der Waals surface area contributed by atoms with E-state index < -0.39 is 5.97 Å². The Labute approximate surface area is 236 Å². The summed E-state index contributed by atoms with van der Waals surface area (Å²) < 4.78 is 12.8. The molecule has 2 aromatic carbocycles. The van der Waals surface area contributed by atoms with Crippen LogP contribution in [0.5, 0.6) is 5.75 Å². The molecular weight excluding hydrogens is 500 g/mol. The number of carboxylic acid groups (broad SMARTS) is 1. The van der Waals surface area contributed by atoms with E-state index in [0.717, 1.165) is 56.9 Å². The molecule has 0 radical (unpaired) electrons. The zero-order valence-corrected chi connectivity index (χ0v) is 23.7.